The Hall–Kier alpha value is -1.35. The lowest BCUT2D eigenvalue weighted by atomic mass is 10.2. The van der Waals surface area contributed by atoms with Crippen LogP contribution in [0.5, 0.6) is 0 Å². The van der Waals surface area contributed by atoms with Crippen LogP contribution in [0.4, 0.5) is 0 Å². The van der Waals surface area contributed by atoms with E-state index in [1.165, 1.54) is 17.3 Å². The Balaban J connectivity index is 2.39. The van der Waals surface area contributed by atoms with Crippen LogP contribution in [-0.4, -0.2) is 11.2 Å². The third-order valence-electron chi connectivity index (χ3n) is 1.84. The Kier molecular flexibility index (Phi) is 2.79. The second-order valence-corrected chi connectivity index (χ2v) is 3.94. The Morgan fingerprint density at radius 3 is 3.29 bits per heavy atom. The van der Waals surface area contributed by atoms with E-state index in [9.17, 15) is 0 Å². The summed E-state index contributed by atoms with van der Waals surface area (Å²) >= 11 is 1.52. The molecule has 0 N–H and O–H groups in total. The van der Waals surface area contributed by atoms with Gasteiger partial charge >= 0.3 is 0 Å². The van der Waals surface area contributed by atoms with Crippen LogP contribution in [0, 0.1) is 0 Å². The van der Waals surface area contributed by atoms with Crippen molar-refractivity contribution in [3.63, 3.8) is 0 Å². The lowest BCUT2D eigenvalue weighted by molar-refractivity contribution is 1.04. The smallest absolute Gasteiger partial charge is 0.106 e. The highest BCUT2D eigenvalue weighted by Crippen LogP contribution is 2.27. The molecule has 0 fully saturated rings. The van der Waals surface area contributed by atoms with Crippen molar-refractivity contribution in [2.24, 2.45) is 4.99 Å². The minimum Gasteiger partial charge on any atom is -0.250 e. The Labute approximate surface area is 87.5 Å². The van der Waals surface area contributed by atoms with Gasteiger partial charge in [-0.25, -0.2) is 4.98 Å². The van der Waals surface area contributed by atoms with Gasteiger partial charge in [0.1, 0.15) is 5.03 Å². The largest absolute Gasteiger partial charge is 0.250 e. The molecule has 14 heavy (non-hydrogen) atoms. The van der Waals surface area contributed by atoms with Gasteiger partial charge in [0.05, 0.1) is 5.03 Å². The summed E-state index contributed by atoms with van der Waals surface area (Å²) in [5.74, 6) is 0. The maximum Gasteiger partial charge on any atom is 0.106 e. The van der Waals surface area contributed by atoms with E-state index in [2.05, 4.69) is 28.7 Å². The van der Waals surface area contributed by atoms with Crippen molar-refractivity contribution in [2.75, 3.05) is 0 Å². The van der Waals surface area contributed by atoms with Crippen LogP contribution in [0.3, 0.4) is 0 Å². The SMILES string of the molecule is C=C1N=C/C=C\Cc2cccnc2S1. The zero-order chi connectivity index (χ0) is 9.80. The first-order valence-electron chi connectivity index (χ1n) is 4.36. The van der Waals surface area contributed by atoms with Crippen LogP contribution >= 0.6 is 11.8 Å². The summed E-state index contributed by atoms with van der Waals surface area (Å²) in [5.41, 5.74) is 1.22. The van der Waals surface area contributed by atoms with Gasteiger partial charge in [-0.1, -0.05) is 30.5 Å². The molecule has 2 nitrogen and oxygen atoms in total. The van der Waals surface area contributed by atoms with Crippen molar-refractivity contribution < 1.29 is 0 Å². The van der Waals surface area contributed by atoms with Crippen LogP contribution in [0.1, 0.15) is 5.56 Å². The normalized spacial score (nSPS) is 17.9. The standard InChI is InChI=1S/C11H10N2S/c1-9-12-7-3-2-5-10-6-4-8-13-11(10)14-9/h2-4,6-8H,1,5H2/b3-2-,12-7?. The van der Waals surface area contributed by atoms with E-state index >= 15 is 0 Å². The number of nitrogens with zero attached hydrogens (tertiary/aromatic N) is 2. The molecule has 70 valence electrons. The molecule has 0 atom stereocenters. The molecule has 3 heteroatoms. The van der Waals surface area contributed by atoms with Crippen molar-refractivity contribution in [1.82, 2.24) is 4.98 Å². The lowest BCUT2D eigenvalue weighted by Crippen LogP contribution is -1.88. The molecular formula is C11H10N2S. The molecule has 0 saturated carbocycles. The summed E-state index contributed by atoms with van der Waals surface area (Å²) in [6, 6.07) is 4.03. The number of pyridine rings is 1. The lowest BCUT2D eigenvalue weighted by Gasteiger charge is -2.03. The van der Waals surface area contributed by atoms with Gasteiger partial charge in [0.15, 0.2) is 0 Å². The topological polar surface area (TPSA) is 25.2 Å². The van der Waals surface area contributed by atoms with Crippen LogP contribution in [-0.2, 0) is 6.42 Å². The van der Waals surface area contributed by atoms with E-state index in [1.54, 1.807) is 12.4 Å². The Morgan fingerprint density at radius 2 is 2.36 bits per heavy atom. The first-order chi connectivity index (χ1) is 6.86. The molecule has 0 bridgehead atoms. The van der Waals surface area contributed by atoms with E-state index in [-0.39, 0.29) is 0 Å². The summed E-state index contributed by atoms with van der Waals surface area (Å²) in [4.78, 5) is 8.47. The molecule has 0 aliphatic carbocycles. The van der Waals surface area contributed by atoms with Gasteiger partial charge in [0, 0.05) is 12.4 Å². The van der Waals surface area contributed by atoms with Crippen molar-refractivity contribution >= 4 is 18.0 Å². The molecular weight excluding hydrogens is 192 g/mol. The number of rotatable bonds is 0. The third-order valence-corrected chi connectivity index (χ3v) is 2.74. The first kappa shape index (κ1) is 9.21. The maximum absolute atomic E-state index is 4.31. The fraction of sp³-hybridized carbons (Fsp3) is 0.0909. The molecule has 0 radical (unpaired) electrons. The summed E-state index contributed by atoms with van der Waals surface area (Å²) in [6.45, 7) is 3.85. The number of hydrogen-bond acceptors (Lipinski definition) is 3. The molecule has 2 rings (SSSR count). The van der Waals surface area contributed by atoms with Crippen molar-refractivity contribution in [3.05, 3.63) is 47.7 Å². The van der Waals surface area contributed by atoms with Crippen LogP contribution in [0.2, 0.25) is 0 Å². The third kappa shape index (κ3) is 2.12. The number of fused-ring (bicyclic) bond motifs is 1. The van der Waals surface area contributed by atoms with Gasteiger partial charge < -0.3 is 0 Å². The van der Waals surface area contributed by atoms with Crippen molar-refractivity contribution in [3.8, 4) is 0 Å². The molecule has 0 saturated heterocycles. The summed E-state index contributed by atoms with van der Waals surface area (Å²) in [7, 11) is 0. The maximum atomic E-state index is 4.31. The summed E-state index contributed by atoms with van der Waals surface area (Å²) in [5, 5.41) is 1.78. The highest BCUT2D eigenvalue weighted by molar-refractivity contribution is 8.03. The molecule has 0 aromatic carbocycles. The van der Waals surface area contributed by atoms with Crippen LogP contribution in [0.15, 0.2) is 52.1 Å². The van der Waals surface area contributed by atoms with Gasteiger partial charge in [0.2, 0.25) is 0 Å². The quantitative estimate of drug-likeness (QED) is 0.646. The Morgan fingerprint density at radius 1 is 1.43 bits per heavy atom. The molecule has 1 aliphatic rings. The number of thioether (sulfide) groups is 1. The van der Waals surface area contributed by atoms with E-state index in [0.717, 1.165) is 16.5 Å². The van der Waals surface area contributed by atoms with Crippen molar-refractivity contribution in [2.45, 2.75) is 11.4 Å². The van der Waals surface area contributed by atoms with Crippen LogP contribution in [0.25, 0.3) is 0 Å². The molecule has 1 aliphatic heterocycles. The molecule has 2 heterocycles. The van der Waals surface area contributed by atoms with Crippen molar-refractivity contribution in [1.29, 1.82) is 0 Å². The van der Waals surface area contributed by atoms with Crippen LogP contribution < -0.4 is 0 Å². The van der Waals surface area contributed by atoms with E-state index in [1.807, 2.05) is 12.1 Å². The van der Waals surface area contributed by atoms with Gasteiger partial charge in [-0.05, 0) is 24.1 Å². The average molecular weight is 202 g/mol. The molecule has 0 unspecified atom stereocenters. The minimum absolute atomic E-state index is 0.775. The second-order valence-electron chi connectivity index (χ2n) is 2.87. The van der Waals surface area contributed by atoms with E-state index in [4.69, 9.17) is 0 Å². The highest BCUT2D eigenvalue weighted by atomic mass is 32.2. The van der Waals surface area contributed by atoms with E-state index in [0.29, 0.717) is 0 Å². The molecule has 0 amide bonds. The number of aliphatic imine (C=N–C) groups is 1. The number of hydrogen-bond donors (Lipinski definition) is 0. The number of aromatic nitrogens is 1. The zero-order valence-electron chi connectivity index (χ0n) is 7.68. The summed E-state index contributed by atoms with van der Waals surface area (Å²) < 4.78 is 0. The van der Waals surface area contributed by atoms with Gasteiger partial charge in [-0.3, -0.25) is 4.99 Å². The van der Waals surface area contributed by atoms with Gasteiger partial charge in [0.25, 0.3) is 0 Å². The van der Waals surface area contributed by atoms with E-state index < -0.39 is 0 Å². The second kappa shape index (κ2) is 4.24. The monoisotopic (exact) mass is 202 g/mol. The predicted octanol–water partition coefficient (Wildman–Crippen LogP) is 2.83. The summed E-state index contributed by atoms with van der Waals surface area (Å²) in [6.07, 6.45) is 8.47. The van der Waals surface area contributed by atoms with Gasteiger partial charge in [-0.15, -0.1) is 0 Å². The van der Waals surface area contributed by atoms with Gasteiger partial charge in [-0.2, -0.15) is 0 Å². The number of allylic oxidation sites excluding steroid dienone is 2. The highest BCUT2D eigenvalue weighted by Gasteiger charge is 2.04. The predicted molar refractivity (Wildman–Crippen MR) is 60.6 cm³/mol. The fourth-order valence-corrected chi connectivity index (χ4v) is 1.92. The molecule has 1 aromatic rings. The zero-order valence-corrected chi connectivity index (χ0v) is 8.50. The molecule has 1 aromatic heterocycles. The Bertz CT molecular complexity index is 408. The first-order valence-corrected chi connectivity index (χ1v) is 5.18. The molecule has 0 spiro atoms. The fourth-order valence-electron chi connectivity index (χ4n) is 1.19. The minimum atomic E-state index is 0.775. The average Bonchev–Trinajstić information content (AvgIpc) is 2.27.